The molecule has 1 saturated heterocycles. The summed E-state index contributed by atoms with van der Waals surface area (Å²) in [6.45, 7) is 4.69. The summed E-state index contributed by atoms with van der Waals surface area (Å²) in [6, 6.07) is 11.8. The summed E-state index contributed by atoms with van der Waals surface area (Å²) in [6.07, 6.45) is 3.26. The third-order valence-corrected chi connectivity index (χ3v) is 5.29. The van der Waals surface area contributed by atoms with Crippen LogP contribution in [0.2, 0.25) is 0 Å². The maximum Gasteiger partial charge on any atom is 0.231 e. The van der Waals surface area contributed by atoms with E-state index in [1.54, 1.807) is 6.20 Å². The number of pyridine rings is 1. The molecule has 0 aliphatic carbocycles. The summed E-state index contributed by atoms with van der Waals surface area (Å²) < 4.78 is 10.9. The number of nitrogens with zero attached hydrogens (tertiary/aromatic N) is 5. The van der Waals surface area contributed by atoms with Crippen LogP contribution < -0.4 is 25.4 Å². The van der Waals surface area contributed by atoms with E-state index in [0.29, 0.717) is 24.1 Å². The maximum atomic E-state index is 6.38. The number of nitrogens with two attached hydrogens (primary N) is 1. The Hall–Kier alpha value is -3.59. The van der Waals surface area contributed by atoms with E-state index in [-0.39, 0.29) is 0 Å². The van der Waals surface area contributed by atoms with Crippen molar-refractivity contribution in [1.29, 1.82) is 0 Å². The average Bonchev–Trinajstić information content (AvgIpc) is 3.25. The van der Waals surface area contributed by atoms with E-state index in [1.807, 2.05) is 24.3 Å². The molecular weight excluding hydrogens is 382 g/mol. The molecule has 3 N–H and O–H groups in total. The Labute approximate surface area is 174 Å². The van der Waals surface area contributed by atoms with Crippen LogP contribution in [0.5, 0.6) is 11.5 Å². The smallest absolute Gasteiger partial charge is 0.231 e. The molecule has 1 fully saturated rings. The van der Waals surface area contributed by atoms with Crippen molar-refractivity contribution in [3.05, 3.63) is 54.5 Å². The Bertz CT molecular complexity index is 1020. The van der Waals surface area contributed by atoms with Crippen molar-refractivity contribution in [2.24, 2.45) is 0 Å². The maximum absolute atomic E-state index is 6.38. The molecule has 4 heterocycles. The minimum Gasteiger partial charge on any atom is -0.454 e. The summed E-state index contributed by atoms with van der Waals surface area (Å²) in [5, 5.41) is 3.17. The largest absolute Gasteiger partial charge is 0.454 e. The van der Waals surface area contributed by atoms with Crippen LogP contribution in [0.1, 0.15) is 5.56 Å². The number of hydrogen-bond donors (Lipinski definition) is 2. The van der Waals surface area contributed by atoms with Gasteiger partial charge in [0.05, 0.1) is 0 Å². The Morgan fingerprint density at radius 2 is 1.83 bits per heavy atom. The zero-order valence-electron chi connectivity index (χ0n) is 16.5. The summed E-state index contributed by atoms with van der Waals surface area (Å²) >= 11 is 0. The number of nitrogen functional groups attached to an aromatic ring is 1. The van der Waals surface area contributed by atoms with Crippen LogP contribution >= 0.6 is 0 Å². The molecular formula is C21H23N7O2. The number of anilines is 4. The molecule has 30 heavy (non-hydrogen) atoms. The van der Waals surface area contributed by atoms with E-state index in [4.69, 9.17) is 15.2 Å². The summed E-state index contributed by atoms with van der Waals surface area (Å²) in [5.41, 5.74) is 8.13. The summed E-state index contributed by atoms with van der Waals surface area (Å²) in [4.78, 5) is 17.6. The molecule has 0 amide bonds. The quantitative estimate of drug-likeness (QED) is 0.662. The molecule has 0 bridgehead atoms. The molecule has 0 atom stereocenters. The molecule has 0 spiro atoms. The predicted molar refractivity (Wildman–Crippen MR) is 114 cm³/mol. The normalized spacial score (nSPS) is 15.9. The van der Waals surface area contributed by atoms with E-state index in [1.165, 1.54) is 11.9 Å². The van der Waals surface area contributed by atoms with Gasteiger partial charge in [0, 0.05) is 38.9 Å². The van der Waals surface area contributed by atoms with Crippen LogP contribution in [-0.2, 0) is 6.54 Å². The number of piperazine rings is 1. The van der Waals surface area contributed by atoms with Crippen LogP contribution in [0.25, 0.3) is 0 Å². The van der Waals surface area contributed by atoms with Crippen molar-refractivity contribution in [3.8, 4) is 11.5 Å². The molecule has 1 aromatic carbocycles. The van der Waals surface area contributed by atoms with Gasteiger partial charge in [0.2, 0.25) is 6.79 Å². The average molecular weight is 405 g/mol. The van der Waals surface area contributed by atoms with Crippen molar-refractivity contribution >= 4 is 23.1 Å². The van der Waals surface area contributed by atoms with Crippen LogP contribution in [0, 0.1) is 0 Å². The van der Waals surface area contributed by atoms with Gasteiger partial charge in [-0.2, -0.15) is 0 Å². The van der Waals surface area contributed by atoms with E-state index in [0.717, 1.165) is 50.0 Å². The molecule has 2 aromatic heterocycles. The summed E-state index contributed by atoms with van der Waals surface area (Å²) in [7, 11) is 0. The highest BCUT2D eigenvalue weighted by Crippen LogP contribution is 2.33. The summed E-state index contributed by atoms with van der Waals surface area (Å²) in [5.74, 6) is 3.67. The van der Waals surface area contributed by atoms with E-state index < -0.39 is 0 Å². The first-order valence-electron chi connectivity index (χ1n) is 9.90. The Morgan fingerprint density at radius 1 is 0.967 bits per heavy atom. The van der Waals surface area contributed by atoms with Crippen LogP contribution in [0.4, 0.5) is 23.1 Å². The molecule has 5 rings (SSSR count). The molecule has 2 aliphatic rings. The zero-order valence-corrected chi connectivity index (χ0v) is 16.5. The van der Waals surface area contributed by atoms with Crippen molar-refractivity contribution < 1.29 is 9.47 Å². The molecule has 154 valence electrons. The lowest BCUT2D eigenvalue weighted by molar-refractivity contribution is 0.174. The third-order valence-electron chi connectivity index (χ3n) is 5.29. The van der Waals surface area contributed by atoms with Crippen LogP contribution in [0.3, 0.4) is 0 Å². The molecule has 0 radical (unpaired) electrons. The highest BCUT2D eigenvalue weighted by molar-refractivity contribution is 5.77. The fraction of sp³-hybridized carbons (Fsp3) is 0.286. The lowest BCUT2D eigenvalue weighted by atomic mass is 10.1. The van der Waals surface area contributed by atoms with Crippen molar-refractivity contribution in [2.45, 2.75) is 6.54 Å². The van der Waals surface area contributed by atoms with Gasteiger partial charge < -0.3 is 25.4 Å². The van der Waals surface area contributed by atoms with Gasteiger partial charge in [0.25, 0.3) is 0 Å². The highest BCUT2D eigenvalue weighted by Gasteiger charge is 2.22. The second kappa shape index (κ2) is 8.03. The number of hydrogen-bond acceptors (Lipinski definition) is 9. The molecule has 2 aliphatic heterocycles. The highest BCUT2D eigenvalue weighted by atomic mass is 16.7. The SMILES string of the molecule is Nc1c(Nc2ccccn2)ncnc1N1CCN(Cc2ccc3c(c2)OCO3)CC1. The van der Waals surface area contributed by atoms with Gasteiger partial charge in [-0.15, -0.1) is 0 Å². The molecule has 9 nitrogen and oxygen atoms in total. The number of fused-ring (bicyclic) bond motifs is 1. The van der Waals surface area contributed by atoms with Crippen molar-refractivity contribution in [2.75, 3.05) is 48.9 Å². The topological polar surface area (TPSA) is 102 Å². The Balaban J connectivity index is 1.23. The fourth-order valence-corrected chi connectivity index (χ4v) is 3.71. The zero-order chi connectivity index (χ0) is 20.3. The predicted octanol–water partition coefficient (Wildman–Crippen LogP) is 2.25. The van der Waals surface area contributed by atoms with Gasteiger partial charge in [-0.05, 0) is 29.8 Å². The number of rotatable bonds is 5. The number of aromatic nitrogens is 3. The minimum absolute atomic E-state index is 0.301. The Kier molecular flexibility index (Phi) is 4.94. The van der Waals surface area contributed by atoms with E-state index in [2.05, 4.69) is 42.2 Å². The molecule has 9 heteroatoms. The lowest BCUT2D eigenvalue weighted by Crippen LogP contribution is -2.46. The lowest BCUT2D eigenvalue weighted by Gasteiger charge is -2.36. The third kappa shape index (κ3) is 3.79. The van der Waals surface area contributed by atoms with Gasteiger partial charge in [-0.25, -0.2) is 15.0 Å². The fourth-order valence-electron chi connectivity index (χ4n) is 3.71. The van der Waals surface area contributed by atoms with Crippen LogP contribution in [-0.4, -0.2) is 52.8 Å². The molecule has 0 unspecified atom stereocenters. The van der Waals surface area contributed by atoms with E-state index in [9.17, 15) is 0 Å². The first-order valence-corrected chi connectivity index (χ1v) is 9.90. The van der Waals surface area contributed by atoms with Gasteiger partial charge in [-0.1, -0.05) is 12.1 Å². The minimum atomic E-state index is 0.301. The monoisotopic (exact) mass is 405 g/mol. The van der Waals surface area contributed by atoms with Gasteiger partial charge in [-0.3, -0.25) is 4.90 Å². The van der Waals surface area contributed by atoms with E-state index >= 15 is 0 Å². The van der Waals surface area contributed by atoms with Gasteiger partial charge in [0.1, 0.15) is 17.8 Å². The first kappa shape index (κ1) is 18.4. The van der Waals surface area contributed by atoms with Gasteiger partial charge in [0.15, 0.2) is 23.1 Å². The van der Waals surface area contributed by atoms with Crippen molar-refractivity contribution in [1.82, 2.24) is 19.9 Å². The standard InChI is InChI=1S/C21H23N7O2/c22-19-20(26-18-3-1-2-6-23-18)24-13-25-21(19)28-9-7-27(8-10-28)12-15-4-5-16-17(11-15)30-14-29-16/h1-6,11,13H,7-10,12,14,22H2,(H,23,24,25,26). The van der Waals surface area contributed by atoms with Crippen molar-refractivity contribution in [3.63, 3.8) is 0 Å². The van der Waals surface area contributed by atoms with Crippen LogP contribution in [0.15, 0.2) is 48.9 Å². The second-order valence-electron chi connectivity index (χ2n) is 7.25. The molecule has 0 saturated carbocycles. The molecule has 3 aromatic rings. The second-order valence-corrected chi connectivity index (χ2v) is 7.25. The Morgan fingerprint density at radius 3 is 2.67 bits per heavy atom. The number of nitrogens with one attached hydrogen (secondary N) is 1. The number of ether oxygens (including phenoxy) is 2. The number of benzene rings is 1. The van der Waals surface area contributed by atoms with Gasteiger partial charge >= 0.3 is 0 Å². The first-order chi connectivity index (χ1) is 14.8.